The van der Waals surface area contributed by atoms with Crippen LogP contribution in [0.4, 0.5) is 0 Å². The lowest BCUT2D eigenvalue weighted by Gasteiger charge is -2.17. The molecule has 2 aromatic carbocycles. The summed E-state index contributed by atoms with van der Waals surface area (Å²) in [6.45, 7) is 0.954. The molecule has 126 valence electrons. The summed E-state index contributed by atoms with van der Waals surface area (Å²) in [5, 5.41) is 8.87. The van der Waals surface area contributed by atoms with Crippen molar-refractivity contribution in [1.29, 1.82) is 0 Å². The predicted molar refractivity (Wildman–Crippen MR) is 91.0 cm³/mol. The number of ether oxygens (including phenoxy) is 1. The van der Waals surface area contributed by atoms with Gasteiger partial charge in [0, 0.05) is 20.0 Å². The van der Waals surface area contributed by atoms with Gasteiger partial charge >= 0.3 is 5.97 Å². The van der Waals surface area contributed by atoms with E-state index in [2.05, 4.69) is 0 Å². The first kappa shape index (κ1) is 17.5. The molecule has 0 aliphatic rings. The van der Waals surface area contributed by atoms with Gasteiger partial charge in [-0.2, -0.15) is 0 Å². The molecule has 2 aromatic rings. The molecule has 0 heterocycles. The number of hydrogen-bond acceptors (Lipinski definition) is 3. The van der Waals surface area contributed by atoms with Crippen molar-refractivity contribution in [2.45, 2.75) is 19.4 Å². The van der Waals surface area contributed by atoms with Crippen molar-refractivity contribution >= 4 is 11.9 Å². The Bertz CT molecular complexity index is 668. The molecule has 0 fully saturated rings. The van der Waals surface area contributed by atoms with Crippen LogP contribution in [0, 0.1) is 0 Å². The number of aromatic carboxylic acids is 1. The van der Waals surface area contributed by atoms with E-state index in [1.165, 1.54) is 0 Å². The first-order valence-corrected chi connectivity index (χ1v) is 7.80. The van der Waals surface area contributed by atoms with Gasteiger partial charge in [0.05, 0.1) is 12.2 Å². The van der Waals surface area contributed by atoms with Gasteiger partial charge in [-0.3, -0.25) is 4.79 Å². The van der Waals surface area contributed by atoms with E-state index < -0.39 is 5.97 Å². The van der Waals surface area contributed by atoms with Crippen molar-refractivity contribution in [3.63, 3.8) is 0 Å². The monoisotopic (exact) mass is 327 g/mol. The van der Waals surface area contributed by atoms with Gasteiger partial charge in [-0.25, -0.2) is 4.79 Å². The van der Waals surface area contributed by atoms with Gasteiger partial charge in [0.1, 0.15) is 5.75 Å². The molecule has 5 nitrogen and oxygen atoms in total. The highest BCUT2D eigenvalue weighted by atomic mass is 16.5. The summed E-state index contributed by atoms with van der Waals surface area (Å²) in [6.07, 6.45) is 1.06. The first-order valence-electron chi connectivity index (χ1n) is 7.80. The Labute approximate surface area is 141 Å². The summed E-state index contributed by atoms with van der Waals surface area (Å²) in [4.78, 5) is 24.6. The van der Waals surface area contributed by atoms with E-state index in [4.69, 9.17) is 9.84 Å². The van der Waals surface area contributed by atoms with Crippen LogP contribution in [0.3, 0.4) is 0 Å². The molecule has 0 saturated heterocycles. The van der Waals surface area contributed by atoms with Crippen molar-refractivity contribution in [2.24, 2.45) is 0 Å². The Hall–Kier alpha value is -2.82. The Morgan fingerprint density at radius 1 is 1.04 bits per heavy atom. The number of rotatable bonds is 8. The molecule has 0 aliphatic heterocycles. The zero-order valence-corrected chi connectivity index (χ0v) is 13.6. The molecule has 0 atom stereocenters. The topological polar surface area (TPSA) is 66.8 Å². The average Bonchev–Trinajstić information content (AvgIpc) is 2.60. The molecule has 0 bridgehead atoms. The molecule has 0 aromatic heterocycles. The van der Waals surface area contributed by atoms with Gasteiger partial charge in [0.25, 0.3) is 0 Å². The second kappa shape index (κ2) is 8.72. The van der Waals surface area contributed by atoms with Crippen molar-refractivity contribution in [3.8, 4) is 5.75 Å². The Morgan fingerprint density at radius 3 is 2.33 bits per heavy atom. The third kappa shape index (κ3) is 5.43. The number of nitrogens with zero attached hydrogens (tertiary/aromatic N) is 1. The number of carbonyl (C=O) groups is 2. The maximum atomic E-state index is 12.1. The van der Waals surface area contributed by atoms with Gasteiger partial charge in [-0.05, 0) is 36.2 Å². The predicted octanol–water partition coefficient (Wildman–Crippen LogP) is 3.20. The van der Waals surface area contributed by atoms with Crippen molar-refractivity contribution in [3.05, 3.63) is 65.7 Å². The molecule has 0 spiro atoms. The van der Waals surface area contributed by atoms with E-state index in [-0.39, 0.29) is 11.5 Å². The summed E-state index contributed by atoms with van der Waals surface area (Å²) >= 11 is 0. The maximum Gasteiger partial charge on any atom is 0.335 e. The molecule has 0 radical (unpaired) electrons. The SMILES string of the molecule is CN(Cc1ccc(C(=O)O)cc1)C(=O)CCCOc1ccccc1. The zero-order valence-electron chi connectivity index (χ0n) is 13.6. The van der Waals surface area contributed by atoms with Crippen LogP contribution in [-0.4, -0.2) is 35.5 Å². The van der Waals surface area contributed by atoms with Gasteiger partial charge in [0.15, 0.2) is 0 Å². The lowest BCUT2D eigenvalue weighted by Crippen LogP contribution is -2.26. The summed E-state index contributed by atoms with van der Waals surface area (Å²) in [7, 11) is 1.74. The number of hydrogen-bond donors (Lipinski definition) is 1. The third-order valence-electron chi connectivity index (χ3n) is 3.59. The van der Waals surface area contributed by atoms with E-state index in [9.17, 15) is 9.59 Å². The quantitative estimate of drug-likeness (QED) is 0.756. The van der Waals surface area contributed by atoms with E-state index in [0.717, 1.165) is 11.3 Å². The Kier molecular flexibility index (Phi) is 6.37. The number of carbonyl (C=O) groups excluding carboxylic acids is 1. The van der Waals surface area contributed by atoms with E-state index in [1.54, 1.807) is 36.2 Å². The summed E-state index contributed by atoms with van der Waals surface area (Å²) in [5.74, 6) is -0.116. The Balaban J connectivity index is 1.72. The van der Waals surface area contributed by atoms with Crippen LogP contribution in [0.25, 0.3) is 0 Å². The van der Waals surface area contributed by atoms with Crippen LogP contribution in [0.5, 0.6) is 5.75 Å². The van der Waals surface area contributed by atoms with Crippen LogP contribution in [0.2, 0.25) is 0 Å². The zero-order chi connectivity index (χ0) is 17.4. The molecule has 1 amide bonds. The molecule has 24 heavy (non-hydrogen) atoms. The third-order valence-corrected chi connectivity index (χ3v) is 3.59. The minimum Gasteiger partial charge on any atom is -0.494 e. The second-order valence-electron chi connectivity index (χ2n) is 5.52. The van der Waals surface area contributed by atoms with Gasteiger partial charge in [-0.1, -0.05) is 30.3 Å². The molecule has 2 rings (SSSR count). The fourth-order valence-electron chi connectivity index (χ4n) is 2.24. The van der Waals surface area contributed by atoms with Crippen LogP contribution in [-0.2, 0) is 11.3 Å². The lowest BCUT2D eigenvalue weighted by molar-refractivity contribution is -0.130. The molecule has 0 saturated carbocycles. The standard InChI is InChI=1S/C19H21NO4/c1-20(14-15-9-11-16(12-10-15)19(22)23)18(21)8-5-13-24-17-6-3-2-4-7-17/h2-4,6-7,9-12H,5,8,13-14H2,1H3,(H,22,23). The van der Waals surface area contributed by atoms with Crippen LogP contribution >= 0.6 is 0 Å². The number of para-hydroxylation sites is 1. The Morgan fingerprint density at radius 2 is 1.71 bits per heavy atom. The van der Waals surface area contributed by atoms with Crippen LogP contribution in [0.1, 0.15) is 28.8 Å². The molecule has 0 unspecified atom stereocenters. The highest BCUT2D eigenvalue weighted by Gasteiger charge is 2.10. The minimum atomic E-state index is -0.954. The fraction of sp³-hybridized carbons (Fsp3) is 0.263. The molecule has 1 N–H and O–H groups in total. The van der Waals surface area contributed by atoms with Crippen molar-refractivity contribution < 1.29 is 19.4 Å². The first-order chi connectivity index (χ1) is 11.6. The highest BCUT2D eigenvalue weighted by Crippen LogP contribution is 2.10. The number of amides is 1. The fourth-order valence-corrected chi connectivity index (χ4v) is 2.24. The average molecular weight is 327 g/mol. The van der Waals surface area contributed by atoms with Gasteiger partial charge in [0.2, 0.25) is 5.91 Å². The maximum absolute atomic E-state index is 12.1. The molecule has 0 aliphatic carbocycles. The smallest absolute Gasteiger partial charge is 0.335 e. The number of carboxylic acid groups (broad SMARTS) is 1. The largest absolute Gasteiger partial charge is 0.494 e. The molecule has 5 heteroatoms. The van der Waals surface area contributed by atoms with E-state index in [0.29, 0.717) is 26.0 Å². The van der Waals surface area contributed by atoms with Crippen molar-refractivity contribution in [1.82, 2.24) is 4.90 Å². The van der Waals surface area contributed by atoms with Crippen LogP contribution in [0.15, 0.2) is 54.6 Å². The number of benzene rings is 2. The normalized spacial score (nSPS) is 10.2. The minimum absolute atomic E-state index is 0.0361. The second-order valence-corrected chi connectivity index (χ2v) is 5.52. The molecular weight excluding hydrogens is 306 g/mol. The summed E-state index contributed by atoms with van der Waals surface area (Å²) in [5.41, 5.74) is 1.14. The highest BCUT2D eigenvalue weighted by molar-refractivity contribution is 5.87. The van der Waals surface area contributed by atoms with E-state index >= 15 is 0 Å². The van der Waals surface area contributed by atoms with Crippen LogP contribution < -0.4 is 4.74 Å². The van der Waals surface area contributed by atoms with E-state index in [1.807, 2.05) is 30.3 Å². The van der Waals surface area contributed by atoms with Gasteiger partial charge < -0.3 is 14.7 Å². The summed E-state index contributed by atoms with van der Waals surface area (Å²) in [6, 6.07) is 16.1. The lowest BCUT2D eigenvalue weighted by atomic mass is 10.1. The molecular formula is C19H21NO4. The van der Waals surface area contributed by atoms with Crippen molar-refractivity contribution in [2.75, 3.05) is 13.7 Å². The summed E-state index contributed by atoms with van der Waals surface area (Å²) < 4.78 is 5.56. The number of carboxylic acids is 1. The van der Waals surface area contributed by atoms with Gasteiger partial charge in [-0.15, -0.1) is 0 Å².